The maximum absolute atomic E-state index is 15.3. The van der Waals surface area contributed by atoms with E-state index in [2.05, 4.69) is 21.3 Å². The van der Waals surface area contributed by atoms with Gasteiger partial charge in [-0.2, -0.15) is 0 Å². The molecule has 1 fully saturated rings. The minimum atomic E-state index is -1.57. The number of aliphatic hydroxyl groups is 2. The number of carbonyl (C=O) groups excluding carboxylic acids is 11. The Morgan fingerprint density at radius 2 is 0.901 bits per heavy atom. The molecule has 0 spiro atoms. The fourth-order valence-electron chi connectivity index (χ4n) is 11.4. The molecule has 0 saturated carbocycles. The molecule has 1 aliphatic heterocycles. The smallest absolute Gasteiger partial charge is 0.256 e. The molecule has 0 aromatic carbocycles. The first-order valence-corrected chi connectivity index (χ1v) is 33.6. The van der Waals surface area contributed by atoms with Crippen LogP contribution < -0.4 is 21.3 Å². The van der Waals surface area contributed by atoms with Crippen molar-refractivity contribution in [3.05, 3.63) is 0 Å². The lowest BCUT2D eigenvalue weighted by molar-refractivity contribution is -0.156. The summed E-state index contributed by atoms with van der Waals surface area (Å²) in [6.45, 7) is 29.4. The molecular formula is C65H120N12O13S. The van der Waals surface area contributed by atoms with Gasteiger partial charge in [-0.3, -0.25) is 52.7 Å². The second kappa shape index (κ2) is 37.3. The number of thioether (sulfide) groups is 1. The zero-order valence-electron chi connectivity index (χ0n) is 60.1. The third-order valence-corrected chi connectivity index (χ3v) is 18.1. The number of amides is 11. The lowest BCUT2D eigenvalue weighted by atomic mass is 9.93. The minimum Gasteiger partial charge on any atom is -0.393 e. The molecular weight excluding hydrogens is 1190 g/mol. The fourth-order valence-corrected chi connectivity index (χ4v) is 12.7. The first kappa shape index (κ1) is 83.4. The molecule has 1 heterocycles. The van der Waals surface area contributed by atoms with Crippen molar-refractivity contribution in [1.82, 2.24) is 60.5 Å². The van der Waals surface area contributed by atoms with E-state index in [4.69, 9.17) is 0 Å². The second-order valence-corrected chi connectivity index (χ2v) is 29.6. The standard InChI is InChI=1S/C65H120N12O13S/c1-27-45-58(84)77(26)64(91-29-28-70(18)19)63(89)75(24)50(35-65(16,17)90)56(82)69-51(39(8)9)61(87)71(20)46(30-36(2)3)54(80)66-43(14)53(79)67-44(15)57(83)73(22)48(31-37(4)5)59(85)74(23)49(32-38(6)7)60(86)76(25)52(40(10)11)62(88)72(21)47(55(81)68-45)34-41(12)33-42(13)78/h36-52,64,78,90H,27-35H2,1-26H3,(H,66,80)(H,67,79)(H,68,81)(H,69,82)/t41-,42?,43+,44-,45+,46+,47+,48+,49+,50+,51?,52?,64-/m1/s1. The maximum Gasteiger partial charge on any atom is 0.256 e. The summed E-state index contributed by atoms with van der Waals surface area (Å²) < 4.78 is 0. The zero-order valence-corrected chi connectivity index (χ0v) is 60.9. The summed E-state index contributed by atoms with van der Waals surface area (Å²) in [6.07, 6.45) is -0.391. The predicted molar refractivity (Wildman–Crippen MR) is 355 cm³/mol. The fraction of sp³-hybridized carbons (Fsp3) is 0.831. The van der Waals surface area contributed by atoms with E-state index >= 15 is 28.8 Å². The molecule has 3 unspecified atom stereocenters. The zero-order chi connectivity index (χ0) is 70.8. The Bertz CT molecular complexity index is 2460. The van der Waals surface area contributed by atoms with Gasteiger partial charge >= 0.3 is 0 Å². The highest BCUT2D eigenvalue weighted by atomic mass is 32.2. The van der Waals surface area contributed by atoms with Crippen molar-refractivity contribution in [3.63, 3.8) is 0 Å². The van der Waals surface area contributed by atoms with Gasteiger partial charge in [-0.15, -0.1) is 11.8 Å². The molecule has 524 valence electrons. The van der Waals surface area contributed by atoms with Crippen molar-refractivity contribution in [2.75, 3.05) is 75.7 Å². The summed E-state index contributed by atoms with van der Waals surface area (Å²) in [6, 6.07) is -12.5. The third kappa shape index (κ3) is 25.0. The number of carbonyl (C=O) groups is 11. The highest BCUT2D eigenvalue weighted by Crippen LogP contribution is 2.27. The van der Waals surface area contributed by atoms with Crippen molar-refractivity contribution < 1.29 is 63.0 Å². The average Bonchev–Trinajstić information content (AvgIpc) is 1.10. The van der Waals surface area contributed by atoms with E-state index in [1.165, 1.54) is 106 Å². The Kier molecular flexibility index (Phi) is 34.2. The van der Waals surface area contributed by atoms with Gasteiger partial charge in [-0.25, -0.2) is 0 Å². The van der Waals surface area contributed by atoms with Gasteiger partial charge in [0, 0.05) is 68.1 Å². The lowest BCUT2D eigenvalue weighted by Crippen LogP contribution is -2.62. The van der Waals surface area contributed by atoms with Gasteiger partial charge in [0.15, 0.2) is 5.37 Å². The number of hydrogen-bond acceptors (Lipinski definition) is 15. The third-order valence-electron chi connectivity index (χ3n) is 16.8. The van der Waals surface area contributed by atoms with E-state index < -0.39 is 154 Å². The normalized spacial score (nSPS) is 26.9. The second-order valence-electron chi connectivity index (χ2n) is 28.4. The molecule has 25 nitrogen and oxygen atoms in total. The maximum atomic E-state index is 15.3. The van der Waals surface area contributed by atoms with Crippen LogP contribution >= 0.6 is 11.8 Å². The Morgan fingerprint density at radius 1 is 0.484 bits per heavy atom. The molecule has 6 N–H and O–H groups in total. The molecule has 91 heavy (non-hydrogen) atoms. The SMILES string of the molecule is CC[C@@H]1NC(=O)[C@H](C[C@H](C)CC(C)O)N(C)C(=O)C(C(C)C)N(C)C(=O)[C@H](CC(C)C)N(C)C(=O)[C@H](CC(C)C)N(C)C(=O)[C@@H](C)NC(=O)[C@H](C)NC(=O)[C@H](CC(C)C)N(C)C(=O)C(C(C)C)NC(=O)[C@H](CC(C)(C)O)N(C)C(=O)[C@@H](SCCN(C)C)N(C)C1=O. The number of nitrogens with one attached hydrogen (secondary N) is 4. The number of rotatable bonds is 19. The summed E-state index contributed by atoms with van der Waals surface area (Å²) in [7, 11) is 13.7. The van der Waals surface area contributed by atoms with Crippen LogP contribution in [0.3, 0.4) is 0 Å². The topological polar surface area (TPSA) is 302 Å². The molecule has 11 amide bonds. The van der Waals surface area contributed by atoms with E-state index in [0.717, 1.165) is 16.7 Å². The van der Waals surface area contributed by atoms with Gasteiger partial charge in [-0.05, 0) is 123 Å². The van der Waals surface area contributed by atoms with Crippen molar-refractivity contribution in [2.45, 2.75) is 240 Å². The summed E-state index contributed by atoms with van der Waals surface area (Å²) in [5.41, 5.74) is -1.57. The molecule has 0 radical (unpaired) electrons. The first-order chi connectivity index (χ1) is 41.7. The summed E-state index contributed by atoms with van der Waals surface area (Å²) in [5.74, 6) is -9.18. The lowest BCUT2D eigenvalue weighted by Gasteiger charge is -2.41. The number of nitrogens with zero attached hydrogens (tertiary/aromatic N) is 8. The molecule has 26 heteroatoms. The summed E-state index contributed by atoms with van der Waals surface area (Å²) in [5, 5.41) is 31.6. The predicted octanol–water partition coefficient (Wildman–Crippen LogP) is 2.84. The van der Waals surface area contributed by atoms with Gasteiger partial charge < -0.3 is 70.7 Å². The minimum absolute atomic E-state index is 0.0178. The Morgan fingerprint density at radius 3 is 1.35 bits per heavy atom. The van der Waals surface area contributed by atoms with Crippen LogP contribution in [0.4, 0.5) is 0 Å². The van der Waals surface area contributed by atoms with Crippen molar-refractivity contribution >= 4 is 76.7 Å². The van der Waals surface area contributed by atoms with Crippen molar-refractivity contribution in [3.8, 4) is 0 Å². The largest absolute Gasteiger partial charge is 0.393 e. The molecule has 1 rings (SSSR count). The van der Waals surface area contributed by atoms with Gasteiger partial charge in [0.2, 0.25) is 59.1 Å². The van der Waals surface area contributed by atoms with E-state index in [1.54, 1.807) is 41.5 Å². The van der Waals surface area contributed by atoms with Crippen LogP contribution in [0.1, 0.15) is 163 Å². The van der Waals surface area contributed by atoms with Crippen molar-refractivity contribution in [1.29, 1.82) is 0 Å². The summed E-state index contributed by atoms with van der Waals surface area (Å²) in [4.78, 5) is 174. The van der Waals surface area contributed by atoms with Gasteiger partial charge in [-0.1, -0.05) is 83.1 Å². The Balaban J connectivity index is 4.51. The number of likely N-dealkylation sites (N-methyl/N-ethyl adjacent to an activating group) is 7. The molecule has 0 bridgehead atoms. The monoisotopic (exact) mass is 1310 g/mol. The van der Waals surface area contributed by atoms with Crippen LogP contribution in [0.5, 0.6) is 0 Å². The van der Waals surface area contributed by atoms with Gasteiger partial charge in [0.25, 0.3) is 5.91 Å². The highest BCUT2D eigenvalue weighted by Gasteiger charge is 2.45. The Labute approximate surface area is 549 Å². The molecule has 13 atom stereocenters. The van der Waals surface area contributed by atoms with E-state index in [-0.39, 0.29) is 68.6 Å². The molecule has 1 aliphatic rings. The van der Waals surface area contributed by atoms with Crippen LogP contribution in [-0.2, 0) is 52.7 Å². The summed E-state index contributed by atoms with van der Waals surface area (Å²) >= 11 is 1.11. The average molecular weight is 1310 g/mol. The molecule has 1 saturated heterocycles. The van der Waals surface area contributed by atoms with E-state index in [0.29, 0.717) is 12.3 Å². The Hall–Kier alpha value is -5.60. The van der Waals surface area contributed by atoms with E-state index in [9.17, 15) is 34.2 Å². The van der Waals surface area contributed by atoms with Crippen LogP contribution in [0, 0.1) is 35.5 Å². The van der Waals surface area contributed by atoms with Crippen LogP contribution in [0.25, 0.3) is 0 Å². The first-order valence-electron chi connectivity index (χ1n) is 32.5. The molecule has 0 aromatic heterocycles. The molecule has 0 aromatic rings. The van der Waals surface area contributed by atoms with Crippen LogP contribution in [0.2, 0.25) is 0 Å². The molecule has 0 aliphatic carbocycles. The highest BCUT2D eigenvalue weighted by molar-refractivity contribution is 8.00. The van der Waals surface area contributed by atoms with Crippen LogP contribution in [0.15, 0.2) is 0 Å². The number of hydrogen-bond donors (Lipinski definition) is 6. The number of aliphatic hydroxyl groups excluding tert-OH is 1. The van der Waals surface area contributed by atoms with E-state index in [1.807, 2.05) is 67.5 Å². The van der Waals surface area contributed by atoms with Crippen molar-refractivity contribution in [2.24, 2.45) is 35.5 Å². The van der Waals surface area contributed by atoms with Gasteiger partial charge in [0.05, 0.1) is 11.7 Å². The quantitative estimate of drug-likeness (QED) is 0.108. The van der Waals surface area contributed by atoms with Gasteiger partial charge in [0.1, 0.15) is 60.4 Å². The van der Waals surface area contributed by atoms with Crippen LogP contribution in [-0.4, -0.2) is 268 Å².